The molecule has 12 heavy (non-hydrogen) atoms. The molecule has 68 valence electrons. The zero-order valence-corrected chi connectivity index (χ0v) is 9.62. The van der Waals surface area contributed by atoms with E-state index in [1.54, 1.807) is 0 Å². The minimum Gasteiger partial charge on any atom is -0.132 e. The van der Waals surface area contributed by atoms with Gasteiger partial charge in [-0.1, -0.05) is 56.7 Å². The van der Waals surface area contributed by atoms with Crippen LogP contribution in [0.4, 0.5) is 0 Å². The van der Waals surface area contributed by atoms with Gasteiger partial charge in [-0.3, -0.25) is 0 Å². The third-order valence-corrected chi connectivity index (χ3v) is 0.940. The summed E-state index contributed by atoms with van der Waals surface area (Å²) < 4.78 is 0. The van der Waals surface area contributed by atoms with Gasteiger partial charge < -0.3 is 0 Å². The lowest BCUT2D eigenvalue weighted by molar-refractivity contribution is 0.804. The maximum absolute atomic E-state index is 2.72. The first-order valence-electron chi connectivity index (χ1n) is 4.20. The van der Waals surface area contributed by atoms with Gasteiger partial charge in [0.2, 0.25) is 0 Å². The van der Waals surface area contributed by atoms with Crippen molar-refractivity contribution in [1.29, 1.82) is 0 Å². The van der Waals surface area contributed by atoms with Gasteiger partial charge in [0.25, 0.3) is 0 Å². The molecule has 1 aromatic carbocycles. The molecule has 0 radical (unpaired) electrons. The fourth-order valence-corrected chi connectivity index (χ4v) is 0.534. The molecule has 0 aromatic heterocycles. The van der Waals surface area contributed by atoms with Crippen LogP contribution < -0.4 is 0 Å². The highest BCUT2D eigenvalue weighted by Gasteiger charge is 1.95. The van der Waals surface area contributed by atoms with Gasteiger partial charge in [-0.25, -0.2) is 0 Å². The normalized spacial score (nSPS) is 10.1. The molecule has 1 aromatic rings. The molecule has 0 aliphatic carbocycles. The summed E-state index contributed by atoms with van der Waals surface area (Å²) in [7, 11) is 2.72. The van der Waals surface area contributed by atoms with Crippen molar-refractivity contribution >= 4 is 9.24 Å². The summed E-state index contributed by atoms with van der Waals surface area (Å²) in [4.78, 5) is 0. The van der Waals surface area contributed by atoms with Gasteiger partial charge in [0.1, 0.15) is 0 Å². The van der Waals surface area contributed by atoms with E-state index in [1.807, 2.05) is 18.2 Å². The second-order valence-electron chi connectivity index (χ2n) is 4.02. The van der Waals surface area contributed by atoms with E-state index in [4.69, 9.17) is 0 Å². The van der Waals surface area contributed by atoms with Crippen LogP contribution in [0, 0.1) is 6.92 Å². The van der Waals surface area contributed by atoms with E-state index in [9.17, 15) is 0 Å². The van der Waals surface area contributed by atoms with Gasteiger partial charge in [0, 0.05) is 0 Å². The second kappa shape index (κ2) is 5.32. The van der Waals surface area contributed by atoms with Crippen LogP contribution in [0.2, 0.25) is 0 Å². The maximum Gasteiger partial charge on any atom is -0.0235 e. The highest BCUT2D eigenvalue weighted by molar-refractivity contribution is 7.18. The Hall–Kier alpha value is -0.350. The minimum atomic E-state index is 0.417. The van der Waals surface area contributed by atoms with E-state index in [-0.39, 0.29) is 0 Å². The van der Waals surface area contributed by atoms with Gasteiger partial charge >= 0.3 is 0 Å². The Morgan fingerprint density at radius 1 is 1.00 bits per heavy atom. The summed E-state index contributed by atoms with van der Waals surface area (Å²) in [6, 6.07) is 10.3. The predicted octanol–water partition coefficient (Wildman–Crippen LogP) is 3.66. The number of rotatable bonds is 0. The number of aryl methyl sites for hydroxylation is 1. The van der Waals surface area contributed by atoms with Crippen LogP contribution in [-0.2, 0) is 0 Å². The summed E-state index contributed by atoms with van der Waals surface area (Å²) >= 11 is 0. The molecule has 0 N–H and O–H groups in total. The van der Waals surface area contributed by atoms with E-state index in [0.717, 1.165) is 0 Å². The SMILES string of the molecule is CC(C)(C)P.Cc1ccccc1. The van der Waals surface area contributed by atoms with E-state index in [1.165, 1.54) is 5.56 Å². The van der Waals surface area contributed by atoms with Crippen molar-refractivity contribution in [1.82, 2.24) is 0 Å². The number of benzene rings is 1. The molecule has 0 heterocycles. The molecular weight excluding hydrogens is 163 g/mol. The van der Waals surface area contributed by atoms with E-state index >= 15 is 0 Å². The molecule has 1 unspecified atom stereocenters. The largest absolute Gasteiger partial charge is 0.132 e. The zero-order chi connectivity index (χ0) is 9.61. The molecule has 0 aliphatic rings. The molecule has 0 amide bonds. The van der Waals surface area contributed by atoms with Crippen molar-refractivity contribution in [2.24, 2.45) is 0 Å². The number of hydrogen-bond acceptors (Lipinski definition) is 0. The zero-order valence-electron chi connectivity index (χ0n) is 8.46. The van der Waals surface area contributed by atoms with Crippen molar-refractivity contribution < 1.29 is 0 Å². The summed E-state index contributed by atoms with van der Waals surface area (Å²) in [5.74, 6) is 0. The fourth-order valence-electron chi connectivity index (χ4n) is 0.534. The third-order valence-electron chi connectivity index (χ3n) is 0.940. The van der Waals surface area contributed by atoms with E-state index in [0.29, 0.717) is 5.16 Å². The topological polar surface area (TPSA) is 0 Å². The lowest BCUT2D eigenvalue weighted by Crippen LogP contribution is -1.97. The first-order valence-corrected chi connectivity index (χ1v) is 4.78. The molecular formula is C11H19P. The number of hydrogen-bond donors (Lipinski definition) is 0. The van der Waals surface area contributed by atoms with Gasteiger partial charge in [0.15, 0.2) is 0 Å². The van der Waals surface area contributed by atoms with Gasteiger partial charge in [0.05, 0.1) is 0 Å². The average Bonchev–Trinajstić information content (AvgIpc) is 1.85. The van der Waals surface area contributed by atoms with Crippen LogP contribution in [-0.4, -0.2) is 5.16 Å². The second-order valence-corrected chi connectivity index (χ2v) is 5.75. The molecule has 0 fully saturated rings. The standard InChI is InChI=1S/C7H8.C4H11P/c1-7-5-3-2-4-6-7;1-4(2,3)5/h2-6H,1H3;5H2,1-3H3. The summed E-state index contributed by atoms with van der Waals surface area (Å²) in [5.41, 5.74) is 1.32. The van der Waals surface area contributed by atoms with Gasteiger partial charge in [-0.05, 0) is 12.1 Å². The molecule has 0 nitrogen and oxygen atoms in total. The quantitative estimate of drug-likeness (QED) is 0.537. The Bertz CT molecular complexity index is 190. The Morgan fingerprint density at radius 3 is 1.50 bits per heavy atom. The van der Waals surface area contributed by atoms with Crippen molar-refractivity contribution in [2.75, 3.05) is 0 Å². The van der Waals surface area contributed by atoms with Crippen molar-refractivity contribution in [2.45, 2.75) is 32.9 Å². The molecule has 0 saturated carbocycles. The Kier molecular flexibility index (Phi) is 5.17. The van der Waals surface area contributed by atoms with Gasteiger partial charge in [-0.2, -0.15) is 0 Å². The first kappa shape index (κ1) is 11.6. The van der Waals surface area contributed by atoms with Crippen LogP contribution in [0.3, 0.4) is 0 Å². The molecule has 0 saturated heterocycles. The minimum absolute atomic E-state index is 0.417. The molecule has 1 atom stereocenters. The first-order chi connectivity index (χ1) is 5.39. The summed E-state index contributed by atoms with van der Waals surface area (Å²) in [5, 5.41) is 0.417. The molecule has 1 rings (SSSR count). The lowest BCUT2D eigenvalue weighted by atomic mass is 10.2. The highest BCUT2D eigenvalue weighted by atomic mass is 31.0. The molecule has 0 bridgehead atoms. The van der Waals surface area contributed by atoms with E-state index < -0.39 is 0 Å². The van der Waals surface area contributed by atoms with Crippen molar-refractivity contribution in [3.63, 3.8) is 0 Å². The molecule has 1 heteroatoms. The Labute approximate surface area is 78.6 Å². The summed E-state index contributed by atoms with van der Waals surface area (Å²) in [6.45, 7) is 8.53. The van der Waals surface area contributed by atoms with E-state index in [2.05, 4.69) is 49.1 Å². The van der Waals surface area contributed by atoms with Crippen molar-refractivity contribution in [3.8, 4) is 0 Å². The maximum atomic E-state index is 2.72. The van der Waals surface area contributed by atoms with Gasteiger partial charge in [-0.15, -0.1) is 9.24 Å². The lowest BCUT2D eigenvalue weighted by Gasteiger charge is -2.05. The monoisotopic (exact) mass is 182 g/mol. The van der Waals surface area contributed by atoms with Crippen LogP contribution in [0.1, 0.15) is 26.3 Å². The summed E-state index contributed by atoms with van der Waals surface area (Å²) in [6.07, 6.45) is 0. The average molecular weight is 182 g/mol. The fraction of sp³-hybridized carbons (Fsp3) is 0.455. The molecule has 0 aliphatic heterocycles. The Morgan fingerprint density at radius 2 is 1.33 bits per heavy atom. The molecule has 0 spiro atoms. The Balaban J connectivity index is 0.000000217. The van der Waals surface area contributed by atoms with Crippen LogP contribution >= 0.6 is 9.24 Å². The van der Waals surface area contributed by atoms with Crippen LogP contribution in [0.15, 0.2) is 30.3 Å². The highest BCUT2D eigenvalue weighted by Crippen LogP contribution is 2.12. The van der Waals surface area contributed by atoms with Crippen LogP contribution in [0.5, 0.6) is 0 Å². The third kappa shape index (κ3) is 12.3. The predicted molar refractivity (Wildman–Crippen MR) is 60.6 cm³/mol. The van der Waals surface area contributed by atoms with Crippen molar-refractivity contribution in [3.05, 3.63) is 35.9 Å². The van der Waals surface area contributed by atoms with Crippen LogP contribution in [0.25, 0.3) is 0 Å². The smallest absolute Gasteiger partial charge is 0.0235 e.